The Morgan fingerprint density at radius 1 is 1.33 bits per heavy atom. The van der Waals surface area contributed by atoms with Gasteiger partial charge < -0.3 is 4.74 Å². The van der Waals surface area contributed by atoms with Crippen LogP contribution in [0.25, 0.3) is 0 Å². The highest BCUT2D eigenvalue weighted by Crippen LogP contribution is 2.31. The molecule has 0 fully saturated rings. The summed E-state index contributed by atoms with van der Waals surface area (Å²) in [5, 5.41) is 9.46. The van der Waals surface area contributed by atoms with Gasteiger partial charge >= 0.3 is 0 Å². The number of thioether (sulfide) groups is 1. The fraction of sp³-hybridized carbons (Fsp3) is 0.333. The summed E-state index contributed by atoms with van der Waals surface area (Å²) in [5.74, 6) is 0.788. The molecule has 1 heterocycles. The van der Waals surface area contributed by atoms with E-state index in [1.165, 1.54) is 11.3 Å². The van der Waals surface area contributed by atoms with E-state index in [9.17, 15) is 0 Å². The second kappa shape index (κ2) is 6.41. The average Bonchev–Trinajstić information content (AvgIpc) is 2.75. The number of halogens is 1. The maximum atomic E-state index is 6.09. The van der Waals surface area contributed by atoms with E-state index in [1.54, 1.807) is 11.8 Å². The third kappa shape index (κ3) is 3.86. The second-order valence-electron chi connectivity index (χ2n) is 3.88. The van der Waals surface area contributed by atoms with Crippen LogP contribution in [0, 0.1) is 0 Å². The second-order valence-corrected chi connectivity index (χ2v) is 6.45. The van der Waals surface area contributed by atoms with Crippen LogP contribution in [0.1, 0.15) is 19.4 Å². The van der Waals surface area contributed by atoms with Crippen molar-refractivity contribution in [3.63, 3.8) is 0 Å². The first-order chi connectivity index (χ1) is 8.65. The molecule has 0 spiro atoms. The van der Waals surface area contributed by atoms with Crippen molar-refractivity contribution in [1.82, 2.24) is 10.2 Å². The molecule has 0 aliphatic carbocycles. The highest BCUT2D eigenvalue weighted by molar-refractivity contribution is 8.00. The van der Waals surface area contributed by atoms with Crippen molar-refractivity contribution in [1.29, 1.82) is 0 Å². The van der Waals surface area contributed by atoms with Crippen LogP contribution in [-0.4, -0.2) is 16.3 Å². The van der Waals surface area contributed by atoms with Crippen molar-refractivity contribution in [3.8, 4) is 5.19 Å². The zero-order chi connectivity index (χ0) is 13.0. The Balaban J connectivity index is 1.94. The number of ether oxygens (including phenoxy) is 1. The molecule has 18 heavy (non-hydrogen) atoms. The van der Waals surface area contributed by atoms with Crippen LogP contribution >= 0.6 is 34.7 Å². The minimum atomic E-state index is 0.124. The van der Waals surface area contributed by atoms with Crippen molar-refractivity contribution in [2.24, 2.45) is 0 Å². The maximum Gasteiger partial charge on any atom is 0.295 e. The zero-order valence-corrected chi connectivity index (χ0v) is 12.5. The number of hydrogen-bond acceptors (Lipinski definition) is 5. The summed E-state index contributed by atoms with van der Waals surface area (Å²) in [6.07, 6.45) is 0.124. The summed E-state index contributed by atoms with van der Waals surface area (Å²) < 4.78 is 6.37. The molecule has 2 rings (SSSR count). The Hall–Kier alpha value is -0.780. The lowest BCUT2D eigenvalue weighted by Crippen LogP contribution is -2.04. The fourth-order valence-corrected chi connectivity index (χ4v) is 3.35. The molecule has 0 amide bonds. The van der Waals surface area contributed by atoms with Crippen molar-refractivity contribution in [2.75, 3.05) is 0 Å². The molecule has 0 atom stereocenters. The van der Waals surface area contributed by atoms with E-state index < -0.39 is 0 Å². The van der Waals surface area contributed by atoms with Crippen LogP contribution in [0.3, 0.4) is 0 Å². The van der Waals surface area contributed by atoms with E-state index in [-0.39, 0.29) is 6.10 Å². The minimum Gasteiger partial charge on any atom is -0.466 e. The molecule has 0 unspecified atom stereocenters. The maximum absolute atomic E-state index is 6.09. The summed E-state index contributed by atoms with van der Waals surface area (Å²) in [6, 6.07) is 7.82. The predicted molar refractivity (Wildman–Crippen MR) is 76.7 cm³/mol. The largest absolute Gasteiger partial charge is 0.466 e. The highest BCUT2D eigenvalue weighted by Gasteiger charge is 2.08. The highest BCUT2D eigenvalue weighted by atomic mass is 35.5. The lowest BCUT2D eigenvalue weighted by molar-refractivity contribution is 0.239. The summed E-state index contributed by atoms with van der Waals surface area (Å²) in [6.45, 7) is 3.94. The van der Waals surface area contributed by atoms with Crippen molar-refractivity contribution in [2.45, 2.75) is 30.0 Å². The topological polar surface area (TPSA) is 35.0 Å². The molecule has 0 aliphatic rings. The van der Waals surface area contributed by atoms with E-state index in [0.29, 0.717) is 5.19 Å². The molecule has 0 saturated heterocycles. The number of hydrogen-bond donors (Lipinski definition) is 0. The monoisotopic (exact) mass is 300 g/mol. The van der Waals surface area contributed by atoms with Crippen LogP contribution in [0.5, 0.6) is 5.19 Å². The van der Waals surface area contributed by atoms with Crippen LogP contribution in [0.4, 0.5) is 0 Å². The fourth-order valence-electron chi connectivity index (χ4n) is 1.26. The summed E-state index contributed by atoms with van der Waals surface area (Å²) >= 11 is 9.17. The van der Waals surface area contributed by atoms with Gasteiger partial charge in [0.2, 0.25) is 0 Å². The van der Waals surface area contributed by atoms with Crippen molar-refractivity contribution >= 4 is 34.7 Å². The first-order valence-corrected chi connectivity index (χ1v) is 7.69. The van der Waals surface area contributed by atoms with Gasteiger partial charge in [0.25, 0.3) is 5.19 Å². The number of aromatic nitrogens is 2. The molecule has 1 aromatic carbocycles. The van der Waals surface area contributed by atoms with Crippen molar-refractivity contribution < 1.29 is 4.74 Å². The normalized spacial score (nSPS) is 10.9. The van der Waals surface area contributed by atoms with Gasteiger partial charge in [0, 0.05) is 10.8 Å². The van der Waals surface area contributed by atoms with Crippen LogP contribution < -0.4 is 4.74 Å². The van der Waals surface area contributed by atoms with E-state index in [2.05, 4.69) is 10.2 Å². The van der Waals surface area contributed by atoms with Gasteiger partial charge in [-0.15, -0.1) is 5.10 Å². The van der Waals surface area contributed by atoms with E-state index in [4.69, 9.17) is 16.3 Å². The molecular weight excluding hydrogens is 288 g/mol. The van der Waals surface area contributed by atoms with Gasteiger partial charge in [0.1, 0.15) is 0 Å². The molecule has 1 aromatic heterocycles. The van der Waals surface area contributed by atoms with Gasteiger partial charge in [-0.1, -0.05) is 46.7 Å². The molecule has 0 radical (unpaired) electrons. The Labute approximate surface area is 120 Å². The lowest BCUT2D eigenvalue weighted by Gasteiger charge is -2.03. The number of nitrogens with zero attached hydrogens (tertiary/aromatic N) is 2. The molecule has 0 aliphatic heterocycles. The zero-order valence-electron chi connectivity index (χ0n) is 10.1. The first kappa shape index (κ1) is 13.6. The molecule has 0 saturated carbocycles. The molecule has 2 aromatic rings. The van der Waals surface area contributed by atoms with Crippen LogP contribution in [0.2, 0.25) is 5.02 Å². The van der Waals surface area contributed by atoms with Gasteiger partial charge in [0.05, 0.1) is 6.10 Å². The molecule has 6 heteroatoms. The lowest BCUT2D eigenvalue weighted by atomic mass is 10.2. The van der Waals surface area contributed by atoms with E-state index in [0.717, 1.165) is 20.7 Å². The van der Waals surface area contributed by atoms with Gasteiger partial charge in [-0.25, -0.2) is 0 Å². The summed E-state index contributed by atoms with van der Waals surface area (Å²) in [5.41, 5.74) is 1.10. The van der Waals surface area contributed by atoms with Gasteiger partial charge in [-0.05, 0) is 36.8 Å². The Kier molecular flexibility index (Phi) is 4.86. The number of benzene rings is 1. The number of rotatable bonds is 5. The molecule has 0 N–H and O–H groups in total. The SMILES string of the molecule is CC(C)Oc1nnc(SCc2ccccc2Cl)s1. The first-order valence-electron chi connectivity index (χ1n) is 5.51. The predicted octanol–water partition coefficient (Wildman–Crippen LogP) is 4.27. The van der Waals surface area contributed by atoms with Gasteiger partial charge in [-0.2, -0.15) is 0 Å². The Bertz CT molecular complexity index is 516. The van der Waals surface area contributed by atoms with E-state index >= 15 is 0 Å². The molecule has 3 nitrogen and oxygen atoms in total. The Morgan fingerprint density at radius 3 is 2.83 bits per heavy atom. The van der Waals surface area contributed by atoms with E-state index in [1.807, 2.05) is 38.1 Å². The van der Waals surface area contributed by atoms with Crippen molar-refractivity contribution in [3.05, 3.63) is 34.9 Å². The Morgan fingerprint density at radius 2 is 2.11 bits per heavy atom. The minimum absolute atomic E-state index is 0.124. The van der Waals surface area contributed by atoms with Gasteiger partial charge in [-0.3, -0.25) is 0 Å². The third-order valence-corrected chi connectivity index (χ3v) is 4.40. The standard InChI is InChI=1S/C12H13ClN2OS2/c1-8(2)16-11-14-15-12(18-11)17-7-9-5-3-4-6-10(9)13/h3-6,8H,7H2,1-2H3. The smallest absolute Gasteiger partial charge is 0.295 e. The van der Waals surface area contributed by atoms with Crippen LogP contribution in [0.15, 0.2) is 28.6 Å². The summed E-state index contributed by atoms with van der Waals surface area (Å²) in [4.78, 5) is 0. The average molecular weight is 301 g/mol. The molecule has 96 valence electrons. The molecular formula is C12H13ClN2OS2. The quantitative estimate of drug-likeness (QED) is 0.772. The summed E-state index contributed by atoms with van der Waals surface area (Å²) in [7, 11) is 0. The van der Waals surface area contributed by atoms with Crippen LogP contribution in [-0.2, 0) is 5.75 Å². The third-order valence-electron chi connectivity index (χ3n) is 2.03. The van der Waals surface area contributed by atoms with Gasteiger partial charge in [0.15, 0.2) is 4.34 Å². The molecule has 0 bridgehead atoms.